The molecule has 0 aliphatic carbocycles. The smallest absolute Gasteiger partial charge is 0.245 e. The minimum Gasteiger partial charge on any atom is -0.372 e. The number of amides is 1. The lowest BCUT2D eigenvalue weighted by molar-refractivity contribution is -0.137. The van der Waals surface area contributed by atoms with E-state index >= 15 is 0 Å². The third-order valence-electron chi connectivity index (χ3n) is 4.94. The molecule has 1 aliphatic rings. The van der Waals surface area contributed by atoms with E-state index in [4.69, 9.17) is 4.74 Å². The minimum atomic E-state index is -0.221. The van der Waals surface area contributed by atoms with Gasteiger partial charge in [0.05, 0.1) is 18.4 Å². The summed E-state index contributed by atoms with van der Waals surface area (Å²) in [6, 6.07) is 5.62. The minimum absolute atomic E-state index is 0.160. The number of nitrogens with zero attached hydrogens (tertiary/aromatic N) is 4. The average molecular weight is 356 g/mol. The van der Waals surface area contributed by atoms with E-state index in [0.717, 1.165) is 37.4 Å². The Balaban J connectivity index is 1.51. The Morgan fingerprint density at radius 1 is 1.19 bits per heavy atom. The number of rotatable bonds is 6. The Hall–Kier alpha value is -2.21. The maximum Gasteiger partial charge on any atom is 0.245 e. The zero-order chi connectivity index (χ0) is 18.5. The standard InChI is InChI=1S/C20H28N4O2/c1-15(2)19-22-10-13-24(19)16(3)20(25)23-11-7-18(8-12-23)26-14-17-6-4-5-9-21-17/h4-6,9-10,13,15-16,18H,7-8,11-12,14H2,1-3H3/t16-/m0/s1. The van der Waals surface area contributed by atoms with Gasteiger partial charge < -0.3 is 14.2 Å². The molecule has 3 rings (SSSR count). The summed E-state index contributed by atoms with van der Waals surface area (Å²) in [5.41, 5.74) is 0.945. The Morgan fingerprint density at radius 2 is 1.96 bits per heavy atom. The van der Waals surface area contributed by atoms with Crippen LogP contribution in [0.4, 0.5) is 0 Å². The highest BCUT2D eigenvalue weighted by molar-refractivity contribution is 5.80. The Kier molecular flexibility index (Phi) is 6.04. The van der Waals surface area contributed by atoms with E-state index in [1.54, 1.807) is 12.4 Å². The van der Waals surface area contributed by atoms with E-state index in [1.807, 2.05) is 40.8 Å². The van der Waals surface area contributed by atoms with Crippen molar-refractivity contribution in [2.75, 3.05) is 13.1 Å². The van der Waals surface area contributed by atoms with Crippen molar-refractivity contribution in [3.8, 4) is 0 Å². The third kappa shape index (κ3) is 4.30. The highest BCUT2D eigenvalue weighted by Crippen LogP contribution is 2.22. The fourth-order valence-electron chi connectivity index (χ4n) is 3.41. The van der Waals surface area contributed by atoms with E-state index in [1.165, 1.54) is 0 Å². The molecule has 3 heterocycles. The van der Waals surface area contributed by atoms with Crippen LogP contribution in [0, 0.1) is 0 Å². The number of hydrogen-bond donors (Lipinski definition) is 0. The number of piperidine rings is 1. The molecule has 1 saturated heterocycles. The summed E-state index contributed by atoms with van der Waals surface area (Å²) in [5.74, 6) is 1.42. The second kappa shape index (κ2) is 8.45. The zero-order valence-corrected chi connectivity index (χ0v) is 15.8. The molecule has 1 atom stereocenters. The van der Waals surface area contributed by atoms with Crippen molar-refractivity contribution in [3.63, 3.8) is 0 Å². The SMILES string of the molecule is CC(C)c1nccn1[C@@H](C)C(=O)N1CCC(OCc2ccccn2)CC1. The molecule has 26 heavy (non-hydrogen) atoms. The summed E-state index contributed by atoms with van der Waals surface area (Å²) < 4.78 is 7.96. The first-order valence-electron chi connectivity index (χ1n) is 9.39. The Morgan fingerprint density at radius 3 is 2.62 bits per heavy atom. The monoisotopic (exact) mass is 356 g/mol. The van der Waals surface area contributed by atoms with Crippen molar-refractivity contribution < 1.29 is 9.53 Å². The molecule has 0 aromatic carbocycles. The van der Waals surface area contributed by atoms with Crippen LogP contribution in [0.5, 0.6) is 0 Å². The van der Waals surface area contributed by atoms with Crippen molar-refractivity contribution in [1.82, 2.24) is 19.4 Å². The van der Waals surface area contributed by atoms with Gasteiger partial charge in [0, 0.05) is 37.6 Å². The molecule has 0 N–H and O–H groups in total. The van der Waals surface area contributed by atoms with E-state index in [9.17, 15) is 4.79 Å². The van der Waals surface area contributed by atoms with Gasteiger partial charge in [0.1, 0.15) is 11.9 Å². The normalized spacial score (nSPS) is 16.8. The maximum atomic E-state index is 12.9. The Labute approximate surface area is 155 Å². The average Bonchev–Trinajstić information content (AvgIpc) is 3.16. The summed E-state index contributed by atoms with van der Waals surface area (Å²) in [7, 11) is 0. The van der Waals surface area contributed by atoms with Gasteiger partial charge >= 0.3 is 0 Å². The molecule has 0 bridgehead atoms. The lowest BCUT2D eigenvalue weighted by Gasteiger charge is -2.34. The molecule has 1 aliphatic heterocycles. The molecule has 1 amide bonds. The van der Waals surface area contributed by atoms with Crippen LogP contribution in [0.2, 0.25) is 0 Å². The lowest BCUT2D eigenvalue weighted by atomic mass is 10.1. The van der Waals surface area contributed by atoms with E-state index in [2.05, 4.69) is 23.8 Å². The molecule has 0 spiro atoms. The number of imidazole rings is 1. The molecule has 0 unspecified atom stereocenters. The first-order valence-corrected chi connectivity index (χ1v) is 9.39. The number of carbonyl (C=O) groups is 1. The number of hydrogen-bond acceptors (Lipinski definition) is 4. The topological polar surface area (TPSA) is 60.2 Å². The number of likely N-dealkylation sites (tertiary alicyclic amines) is 1. The van der Waals surface area contributed by atoms with E-state index in [-0.39, 0.29) is 18.1 Å². The molecule has 2 aromatic heterocycles. The van der Waals surface area contributed by atoms with Crippen molar-refractivity contribution in [2.24, 2.45) is 0 Å². The molecule has 2 aromatic rings. The van der Waals surface area contributed by atoms with Crippen LogP contribution in [-0.2, 0) is 16.1 Å². The van der Waals surface area contributed by atoms with Gasteiger partial charge in [0.2, 0.25) is 5.91 Å². The van der Waals surface area contributed by atoms with E-state index < -0.39 is 0 Å². The quantitative estimate of drug-likeness (QED) is 0.798. The molecular weight excluding hydrogens is 328 g/mol. The summed E-state index contributed by atoms with van der Waals surface area (Å²) >= 11 is 0. The van der Waals surface area contributed by atoms with Crippen LogP contribution in [0.25, 0.3) is 0 Å². The number of ether oxygens (including phenoxy) is 1. The summed E-state index contributed by atoms with van der Waals surface area (Å²) in [6.07, 6.45) is 7.38. The molecule has 0 saturated carbocycles. The molecule has 1 fully saturated rings. The highest BCUT2D eigenvalue weighted by Gasteiger charge is 2.28. The van der Waals surface area contributed by atoms with Crippen LogP contribution >= 0.6 is 0 Å². The second-order valence-electron chi connectivity index (χ2n) is 7.18. The van der Waals surface area contributed by atoms with Crippen LogP contribution < -0.4 is 0 Å². The van der Waals surface area contributed by atoms with Crippen molar-refractivity contribution in [2.45, 2.75) is 58.3 Å². The fourth-order valence-corrected chi connectivity index (χ4v) is 3.41. The van der Waals surface area contributed by atoms with Crippen LogP contribution in [0.3, 0.4) is 0 Å². The highest BCUT2D eigenvalue weighted by atomic mass is 16.5. The number of pyridine rings is 1. The van der Waals surface area contributed by atoms with Gasteiger partial charge in [-0.25, -0.2) is 4.98 Å². The molecule has 140 valence electrons. The molecule has 0 radical (unpaired) electrons. The van der Waals surface area contributed by atoms with Gasteiger partial charge in [-0.1, -0.05) is 19.9 Å². The van der Waals surface area contributed by atoms with Crippen molar-refractivity contribution >= 4 is 5.91 Å². The van der Waals surface area contributed by atoms with Gasteiger partial charge in [0.15, 0.2) is 0 Å². The first kappa shape index (κ1) is 18.6. The summed E-state index contributed by atoms with van der Waals surface area (Å²) in [5, 5.41) is 0. The first-order chi connectivity index (χ1) is 12.6. The summed E-state index contributed by atoms with van der Waals surface area (Å²) in [4.78, 5) is 23.5. The predicted molar refractivity (Wildman–Crippen MR) is 99.7 cm³/mol. The number of aromatic nitrogens is 3. The van der Waals surface area contributed by atoms with Crippen LogP contribution in [0.15, 0.2) is 36.8 Å². The molecule has 6 heteroatoms. The van der Waals surface area contributed by atoms with Crippen molar-refractivity contribution in [3.05, 3.63) is 48.3 Å². The maximum absolute atomic E-state index is 12.9. The number of carbonyl (C=O) groups excluding carboxylic acids is 1. The van der Waals surface area contributed by atoms with Gasteiger partial charge in [-0.2, -0.15) is 0 Å². The zero-order valence-electron chi connectivity index (χ0n) is 15.8. The second-order valence-corrected chi connectivity index (χ2v) is 7.18. The van der Waals surface area contributed by atoms with Gasteiger partial charge in [-0.3, -0.25) is 9.78 Å². The molecule has 6 nitrogen and oxygen atoms in total. The third-order valence-corrected chi connectivity index (χ3v) is 4.94. The van der Waals surface area contributed by atoms with Crippen LogP contribution in [0.1, 0.15) is 57.1 Å². The fraction of sp³-hybridized carbons (Fsp3) is 0.550. The van der Waals surface area contributed by atoms with Crippen molar-refractivity contribution in [1.29, 1.82) is 0 Å². The van der Waals surface area contributed by atoms with E-state index in [0.29, 0.717) is 12.5 Å². The molecular formula is C20H28N4O2. The van der Waals surface area contributed by atoms with Gasteiger partial charge in [-0.05, 0) is 31.9 Å². The largest absolute Gasteiger partial charge is 0.372 e. The summed E-state index contributed by atoms with van der Waals surface area (Å²) in [6.45, 7) is 8.16. The predicted octanol–water partition coefficient (Wildman–Crippen LogP) is 3.17. The van der Waals surface area contributed by atoms with Gasteiger partial charge in [0.25, 0.3) is 0 Å². The van der Waals surface area contributed by atoms with Gasteiger partial charge in [-0.15, -0.1) is 0 Å². The Bertz CT molecular complexity index is 706. The lowest BCUT2D eigenvalue weighted by Crippen LogP contribution is -2.43. The van der Waals surface area contributed by atoms with Crippen LogP contribution in [-0.4, -0.2) is 44.5 Å².